The number of hydrogen-bond acceptors (Lipinski definition) is 4. The summed E-state index contributed by atoms with van der Waals surface area (Å²) in [5, 5.41) is 9.53. The van der Waals surface area contributed by atoms with E-state index in [2.05, 4.69) is 9.97 Å². The van der Waals surface area contributed by atoms with Crippen LogP contribution in [0.2, 0.25) is 0 Å². The van der Waals surface area contributed by atoms with Crippen LogP contribution in [0.4, 0.5) is 0 Å². The number of rotatable bonds is 3. The number of amides is 1. The van der Waals surface area contributed by atoms with Crippen LogP contribution in [0.5, 0.6) is 0 Å². The Morgan fingerprint density at radius 3 is 2.73 bits per heavy atom. The number of piperidine rings is 1. The van der Waals surface area contributed by atoms with Crippen molar-refractivity contribution >= 4 is 11.9 Å². The number of aromatic amines is 1. The van der Waals surface area contributed by atoms with Gasteiger partial charge in [0, 0.05) is 39.0 Å². The molecule has 1 spiro atoms. The maximum Gasteiger partial charge on any atom is 0.320 e. The van der Waals surface area contributed by atoms with Crippen molar-refractivity contribution in [1.29, 1.82) is 0 Å². The summed E-state index contributed by atoms with van der Waals surface area (Å²) < 4.78 is 0. The van der Waals surface area contributed by atoms with Crippen molar-refractivity contribution in [2.75, 3.05) is 19.6 Å². The standard InChI is InChI=1S/C15H22N4O3/c1-11(20)18-6-2-15(3-7-18)8-12(14(21)22)19(10-15)9-13-16-4-5-17-13/h4-5,12H,2-3,6-10H2,1H3,(H,16,17)(H,21,22). The van der Waals surface area contributed by atoms with Gasteiger partial charge in [-0.2, -0.15) is 0 Å². The molecule has 1 aromatic rings. The van der Waals surface area contributed by atoms with Gasteiger partial charge in [0.15, 0.2) is 0 Å². The maximum absolute atomic E-state index is 11.6. The summed E-state index contributed by atoms with van der Waals surface area (Å²) in [4.78, 5) is 34.2. The zero-order valence-electron chi connectivity index (χ0n) is 12.8. The van der Waals surface area contributed by atoms with Crippen molar-refractivity contribution < 1.29 is 14.7 Å². The Morgan fingerprint density at radius 2 is 2.18 bits per heavy atom. The minimum atomic E-state index is -0.766. The molecule has 120 valence electrons. The van der Waals surface area contributed by atoms with Gasteiger partial charge in [-0.25, -0.2) is 4.98 Å². The van der Waals surface area contributed by atoms with E-state index >= 15 is 0 Å². The lowest BCUT2D eigenvalue weighted by molar-refractivity contribution is -0.142. The lowest BCUT2D eigenvalue weighted by Gasteiger charge is -2.39. The van der Waals surface area contributed by atoms with Crippen molar-refractivity contribution in [1.82, 2.24) is 19.8 Å². The number of carbonyl (C=O) groups excluding carboxylic acids is 1. The van der Waals surface area contributed by atoms with Gasteiger partial charge < -0.3 is 15.0 Å². The van der Waals surface area contributed by atoms with Crippen molar-refractivity contribution in [2.24, 2.45) is 5.41 Å². The second-order valence-electron chi connectivity index (χ2n) is 6.51. The van der Waals surface area contributed by atoms with Gasteiger partial charge in [0.2, 0.25) is 5.91 Å². The molecule has 0 radical (unpaired) electrons. The number of nitrogens with one attached hydrogen (secondary N) is 1. The molecule has 7 heteroatoms. The molecule has 1 amide bonds. The Kier molecular flexibility index (Phi) is 3.90. The summed E-state index contributed by atoms with van der Waals surface area (Å²) in [5.41, 5.74) is 0.0155. The number of aromatic nitrogens is 2. The molecule has 7 nitrogen and oxygen atoms in total. The molecule has 0 bridgehead atoms. The number of carboxylic acid groups (broad SMARTS) is 1. The average molecular weight is 306 g/mol. The fourth-order valence-corrected chi connectivity index (χ4v) is 3.79. The molecule has 2 aliphatic heterocycles. The first-order chi connectivity index (χ1) is 10.5. The van der Waals surface area contributed by atoms with E-state index in [0.717, 1.165) is 38.3 Å². The Balaban J connectivity index is 1.70. The van der Waals surface area contributed by atoms with E-state index in [4.69, 9.17) is 0 Å². The molecule has 3 heterocycles. The molecule has 2 saturated heterocycles. The van der Waals surface area contributed by atoms with E-state index in [1.54, 1.807) is 19.3 Å². The Hall–Kier alpha value is -1.89. The number of nitrogens with zero attached hydrogens (tertiary/aromatic N) is 3. The first-order valence-electron chi connectivity index (χ1n) is 7.70. The van der Waals surface area contributed by atoms with Gasteiger partial charge in [-0.15, -0.1) is 0 Å². The van der Waals surface area contributed by atoms with Crippen LogP contribution in [0.25, 0.3) is 0 Å². The summed E-state index contributed by atoms with van der Waals surface area (Å²) in [6.07, 6.45) is 5.86. The molecule has 0 saturated carbocycles. The Bertz CT molecular complexity index is 549. The van der Waals surface area contributed by atoms with Crippen molar-refractivity contribution in [3.8, 4) is 0 Å². The zero-order valence-corrected chi connectivity index (χ0v) is 12.8. The van der Waals surface area contributed by atoms with Crippen molar-refractivity contribution in [3.05, 3.63) is 18.2 Å². The number of H-pyrrole nitrogens is 1. The maximum atomic E-state index is 11.6. The quantitative estimate of drug-likeness (QED) is 0.858. The smallest absolute Gasteiger partial charge is 0.320 e. The number of hydrogen-bond donors (Lipinski definition) is 2. The number of likely N-dealkylation sites (tertiary alicyclic amines) is 2. The van der Waals surface area contributed by atoms with E-state index in [1.165, 1.54) is 0 Å². The van der Waals surface area contributed by atoms with Gasteiger partial charge in [0.05, 0.1) is 6.54 Å². The molecule has 1 aromatic heterocycles. The van der Waals surface area contributed by atoms with Gasteiger partial charge in [-0.05, 0) is 24.7 Å². The van der Waals surface area contributed by atoms with E-state index in [-0.39, 0.29) is 11.3 Å². The summed E-state index contributed by atoms with van der Waals surface area (Å²) in [7, 11) is 0. The molecule has 2 fully saturated rings. The lowest BCUT2D eigenvalue weighted by Crippen LogP contribution is -2.43. The number of imidazole rings is 1. The number of aliphatic carboxylic acids is 1. The third-order valence-corrected chi connectivity index (χ3v) is 5.07. The van der Waals surface area contributed by atoms with Crippen LogP contribution < -0.4 is 0 Å². The summed E-state index contributed by atoms with van der Waals surface area (Å²) >= 11 is 0. The molecule has 1 atom stereocenters. The minimum absolute atomic E-state index is 0.0155. The van der Waals surface area contributed by atoms with Gasteiger partial charge in [0.1, 0.15) is 11.9 Å². The number of carbonyl (C=O) groups is 2. The van der Waals surface area contributed by atoms with Crippen molar-refractivity contribution in [3.63, 3.8) is 0 Å². The predicted molar refractivity (Wildman–Crippen MR) is 79.0 cm³/mol. The fraction of sp³-hybridized carbons (Fsp3) is 0.667. The third-order valence-electron chi connectivity index (χ3n) is 5.07. The Morgan fingerprint density at radius 1 is 1.45 bits per heavy atom. The monoisotopic (exact) mass is 306 g/mol. The molecule has 3 rings (SSSR count). The average Bonchev–Trinajstić information content (AvgIpc) is 3.08. The lowest BCUT2D eigenvalue weighted by atomic mass is 9.76. The second kappa shape index (κ2) is 5.72. The molecular weight excluding hydrogens is 284 g/mol. The highest BCUT2D eigenvalue weighted by atomic mass is 16.4. The predicted octanol–water partition coefficient (Wildman–Crippen LogP) is 0.697. The molecule has 2 aliphatic rings. The van der Waals surface area contributed by atoms with Crippen LogP contribution in [0, 0.1) is 5.41 Å². The van der Waals surface area contributed by atoms with Gasteiger partial charge in [-0.1, -0.05) is 0 Å². The molecule has 2 N–H and O–H groups in total. The van der Waals surface area contributed by atoms with Crippen LogP contribution in [-0.4, -0.2) is 62.4 Å². The topological polar surface area (TPSA) is 89.5 Å². The Labute approximate surface area is 129 Å². The summed E-state index contributed by atoms with van der Waals surface area (Å²) in [6, 6.07) is -0.464. The third kappa shape index (κ3) is 2.85. The molecule has 0 aliphatic carbocycles. The SMILES string of the molecule is CC(=O)N1CCC2(CC1)CC(C(=O)O)N(Cc1ncc[nH]1)C2. The highest BCUT2D eigenvalue weighted by Gasteiger charge is 2.48. The van der Waals surface area contributed by atoms with Crippen LogP contribution in [0.3, 0.4) is 0 Å². The highest BCUT2D eigenvalue weighted by Crippen LogP contribution is 2.43. The van der Waals surface area contributed by atoms with Crippen LogP contribution in [-0.2, 0) is 16.1 Å². The normalized spacial score (nSPS) is 24.8. The van der Waals surface area contributed by atoms with Gasteiger partial charge in [0.25, 0.3) is 0 Å². The second-order valence-corrected chi connectivity index (χ2v) is 6.51. The van der Waals surface area contributed by atoms with Crippen LogP contribution in [0.1, 0.15) is 32.0 Å². The fourth-order valence-electron chi connectivity index (χ4n) is 3.79. The van der Waals surface area contributed by atoms with Gasteiger partial charge in [-0.3, -0.25) is 14.5 Å². The first kappa shape index (κ1) is 15.0. The molecule has 0 aromatic carbocycles. The molecular formula is C15H22N4O3. The van der Waals surface area contributed by atoms with Crippen molar-refractivity contribution in [2.45, 2.75) is 38.8 Å². The minimum Gasteiger partial charge on any atom is -0.480 e. The van der Waals surface area contributed by atoms with Crippen LogP contribution in [0.15, 0.2) is 12.4 Å². The van der Waals surface area contributed by atoms with Gasteiger partial charge >= 0.3 is 5.97 Å². The summed E-state index contributed by atoms with van der Waals surface area (Å²) in [5.74, 6) is 0.136. The molecule has 1 unspecified atom stereocenters. The summed E-state index contributed by atoms with van der Waals surface area (Å²) in [6.45, 7) is 4.35. The largest absolute Gasteiger partial charge is 0.480 e. The van der Waals surface area contributed by atoms with Crippen LogP contribution >= 0.6 is 0 Å². The van der Waals surface area contributed by atoms with E-state index in [1.807, 2.05) is 9.80 Å². The van der Waals surface area contributed by atoms with E-state index in [9.17, 15) is 14.7 Å². The number of carboxylic acids is 1. The van der Waals surface area contributed by atoms with E-state index in [0.29, 0.717) is 13.0 Å². The first-order valence-corrected chi connectivity index (χ1v) is 7.70. The molecule has 22 heavy (non-hydrogen) atoms. The zero-order chi connectivity index (χ0) is 15.7. The highest BCUT2D eigenvalue weighted by molar-refractivity contribution is 5.74. The van der Waals surface area contributed by atoms with E-state index < -0.39 is 12.0 Å².